The summed E-state index contributed by atoms with van der Waals surface area (Å²) >= 11 is 7.41. The van der Waals surface area contributed by atoms with Crippen molar-refractivity contribution in [1.82, 2.24) is 19.7 Å². The predicted molar refractivity (Wildman–Crippen MR) is 108 cm³/mol. The van der Waals surface area contributed by atoms with Crippen LogP contribution in [-0.2, 0) is 27.3 Å². The highest BCUT2D eigenvalue weighted by Gasteiger charge is 2.20. The molecule has 1 saturated heterocycles. The van der Waals surface area contributed by atoms with E-state index in [9.17, 15) is 9.59 Å². The van der Waals surface area contributed by atoms with Crippen molar-refractivity contribution in [2.24, 2.45) is 0 Å². The largest absolute Gasteiger partial charge is 0.378 e. The fourth-order valence-electron chi connectivity index (χ4n) is 2.81. The molecule has 1 aromatic heterocycles. The summed E-state index contributed by atoms with van der Waals surface area (Å²) in [6.45, 7) is 4.95. The quantitative estimate of drug-likeness (QED) is 0.686. The van der Waals surface area contributed by atoms with Gasteiger partial charge in [-0.25, -0.2) is 0 Å². The molecule has 3 rings (SSSR count). The highest BCUT2D eigenvalue weighted by atomic mass is 35.5. The van der Waals surface area contributed by atoms with Gasteiger partial charge >= 0.3 is 0 Å². The zero-order chi connectivity index (χ0) is 19.9. The molecule has 2 heterocycles. The smallest absolute Gasteiger partial charge is 0.233 e. The van der Waals surface area contributed by atoms with Crippen LogP contribution < -0.4 is 5.32 Å². The Morgan fingerprint density at radius 2 is 2.00 bits per heavy atom. The lowest BCUT2D eigenvalue weighted by Crippen LogP contribution is -2.41. The van der Waals surface area contributed by atoms with E-state index in [1.54, 1.807) is 29.2 Å². The average molecular weight is 424 g/mol. The van der Waals surface area contributed by atoms with Crippen LogP contribution in [0, 0.1) is 0 Å². The van der Waals surface area contributed by atoms with Crippen LogP contribution >= 0.6 is 23.4 Å². The normalized spacial score (nSPS) is 14.1. The number of nitrogens with one attached hydrogen (secondary N) is 1. The molecule has 0 spiro atoms. The summed E-state index contributed by atoms with van der Waals surface area (Å²) in [5.41, 5.74) is 0.558. The lowest BCUT2D eigenvalue weighted by atomic mass is 10.3. The predicted octanol–water partition coefficient (Wildman–Crippen LogP) is 2.08. The van der Waals surface area contributed by atoms with Gasteiger partial charge in [0.15, 0.2) is 5.16 Å². The number of morpholine rings is 1. The monoisotopic (exact) mass is 423 g/mol. The van der Waals surface area contributed by atoms with E-state index < -0.39 is 0 Å². The Hall–Kier alpha value is -2.10. The lowest BCUT2D eigenvalue weighted by Gasteiger charge is -2.26. The maximum atomic E-state index is 12.4. The molecule has 0 unspecified atom stereocenters. The van der Waals surface area contributed by atoms with Gasteiger partial charge in [-0.05, 0) is 19.1 Å². The second-order valence-corrected chi connectivity index (χ2v) is 7.48. The Morgan fingerprint density at radius 1 is 1.25 bits per heavy atom. The molecular weight excluding hydrogens is 402 g/mol. The number of amides is 2. The first-order chi connectivity index (χ1) is 13.6. The minimum atomic E-state index is -0.226. The highest BCUT2D eigenvalue weighted by molar-refractivity contribution is 7.99. The number of anilines is 1. The number of benzene rings is 1. The Bertz CT molecular complexity index is 838. The van der Waals surface area contributed by atoms with Gasteiger partial charge in [0.25, 0.3) is 0 Å². The minimum Gasteiger partial charge on any atom is -0.378 e. The molecule has 1 aliphatic rings. The number of rotatable bonds is 7. The molecule has 0 radical (unpaired) electrons. The molecule has 8 nitrogen and oxygen atoms in total. The summed E-state index contributed by atoms with van der Waals surface area (Å²) in [6.07, 6.45) is 0.0734. The summed E-state index contributed by atoms with van der Waals surface area (Å²) in [7, 11) is 0. The van der Waals surface area contributed by atoms with Crippen LogP contribution in [0.1, 0.15) is 12.7 Å². The van der Waals surface area contributed by atoms with E-state index in [4.69, 9.17) is 16.3 Å². The molecule has 2 amide bonds. The fourth-order valence-corrected chi connectivity index (χ4v) is 3.91. The number of halogens is 1. The molecule has 0 saturated carbocycles. The van der Waals surface area contributed by atoms with Crippen molar-refractivity contribution >= 4 is 40.9 Å². The number of carbonyl (C=O) groups excluding carboxylic acids is 2. The van der Waals surface area contributed by atoms with Crippen molar-refractivity contribution in [1.29, 1.82) is 0 Å². The molecule has 0 aliphatic carbocycles. The molecule has 10 heteroatoms. The van der Waals surface area contributed by atoms with Crippen molar-refractivity contribution in [2.45, 2.75) is 25.0 Å². The number of hydrogen-bond donors (Lipinski definition) is 1. The number of ether oxygens (including phenoxy) is 1. The Balaban J connectivity index is 1.59. The van der Waals surface area contributed by atoms with Crippen LogP contribution in [0.15, 0.2) is 29.4 Å². The van der Waals surface area contributed by atoms with Gasteiger partial charge in [-0.1, -0.05) is 35.5 Å². The SMILES string of the molecule is CCn1c(CC(=O)Nc2ccccc2Cl)nnc1SCC(=O)N1CCOCC1. The molecule has 0 atom stereocenters. The molecule has 0 bridgehead atoms. The van der Waals surface area contributed by atoms with Gasteiger partial charge in [-0.15, -0.1) is 10.2 Å². The fraction of sp³-hybridized carbons (Fsp3) is 0.444. The third kappa shape index (κ3) is 5.24. The summed E-state index contributed by atoms with van der Waals surface area (Å²) < 4.78 is 7.12. The number of nitrogens with zero attached hydrogens (tertiary/aromatic N) is 4. The maximum absolute atomic E-state index is 12.4. The summed E-state index contributed by atoms with van der Waals surface area (Å²) in [6, 6.07) is 7.05. The van der Waals surface area contributed by atoms with Crippen LogP contribution in [0.3, 0.4) is 0 Å². The standard InChI is InChI=1S/C18H22ClN5O3S/c1-2-24-15(11-16(25)20-14-6-4-3-5-13(14)19)21-22-18(24)28-12-17(26)23-7-9-27-10-8-23/h3-6H,2,7-12H2,1H3,(H,20,25). The number of thioether (sulfide) groups is 1. The highest BCUT2D eigenvalue weighted by Crippen LogP contribution is 2.21. The van der Waals surface area contributed by atoms with Crippen molar-refractivity contribution in [3.05, 3.63) is 35.1 Å². The molecule has 150 valence electrons. The van der Waals surface area contributed by atoms with Crippen molar-refractivity contribution < 1.29 is 14.3 Å². The van der Waals surface area contributed by atoms with Crippen molar-refractivity contribution in [2.75, 3.05) is 37.4 Å². The Morgan fingerprint density at radius 3 is 2.71 bits per heavy atom. The van der Waals surface area contributed by atoms with Gasteiger partial charge in [-0.3, -0.25) is 9.59 Å². The average Bonchev–Trinajstić information content (AvgIpc) is 3.09. The van der Waals surface area contributed by atoms with E-state index in [0.29, 0.717) is 54.5 Å². The van der Waals surface area contributed by atoms with Crippen LogP contribution in [-0.4, -0.2) is 63.5 Å². The molecule has 1 N–H and O–H groups in total. The number of carbonyl (C=O) groups is 2. The van der Waals surface area contributed by atoms with Gasteiger partial charge in [0.2, 0.25) is 11.8 Å². The molecule has 1 aromatic carbocycles. The zero-order valence-corrected chi connectivity index (χ0v) is 17.1. The van der Waals surface area contributed by atoms with E-state index in [2.05, 4.69) is 15.5 Å². The zero-order valence-electron chi connectivity index (χ0n) is 15.6. The van der Waals surface area contributed by atoms with E-state index in [1.807, 2.05) is 11.5 Å². The molecule has 28 heavy (non-hydrogen) atoms. The third-order valence-electron chi connectivity index (χ3n) is 4.26. The van der Waals surface area contributed by atoms with Crippen LogP contribution in [0.25, 0.3) is 0 Å². The second kappa shape index (κ2) is 9.90. The van der Waals surface area contributed by atoms with E-state index in [-0.39, 0.29) is 24.0 Å². The van der Waals surface area contributed by atoms with Gasteiger partial charge in [0, 0.05) is 19.6 Å². The Kier molecular flexibility index (Phi) is 7.30. The Labute approximate surface area is 172 Å². The summed E-state index contributed by atoms with van der Waals surface area (Å²) in [5, 5.41) is 12.2. The van der Waals surface area contributed by atoms with Gasteiger partial charge in [0.1, 0.15) is 5.82 Å². The topological polar surface area (TPSA) is 89.3 Å². The summed E-state index contributed by atoms with van der Waals surface area (Å²) in [5.74, 6) is 0.658. The number of hydrogen-bond acceptors (Lipinski definition) is 6. The molecule has 2 aromatic rings. The first kappa shape index (κ1) is 20.6. The molecular formula is C18H22ClN5O3S. The first-order valence-electron chi connectivity index (χ1n) is 9.03. The minimum absolute atomic E-state index is 0.0527. The lowest BCUT2D eigenvalue weighted by molar-refractivity contribution is -0.132. The number of aromatic nitrogens is 3. The number of para-hydroxylation sites is 1. The van der Waals surface area contributed by atoms with Crippen LogP contribution in [0.5, 0.6) is 0 Å². The van der Waals surface area contributed by atoms with Gasteiger partial charge < -0.3 is 19.5 Å². The van der Waals surface area contributed by atoms with Gasteiger partial charge in [0.05, 0.1) is 36.1 Å². The van der Waals surface area contributed by atoms with E-state index in [0.717, 1.165) is 0 Å². The van der Waals surface area contributed by atoms with E-state index >= 15 is 0 Å². The van der Waals surface area contributed by atoms with E-state index in [1.165, 1.54) is 11.8 Å². The third-order valence-corrected chi connectivity index (χ3v) is 5.55. The summed E-state index contributed by atoms with van der Waals surface area (Å²) in [4.78, 5) is 26.5. The van der Waals surface area contributed by atoms with Gasteiger partial charge in [-0.2, -0.15) is 0 Å². The second-order valence-electron chi connectivity index (χ2n) is 6.13. The molecule has 1 fully saturated rings. The molecule has 1 aliphatic heterocycles. The first-order valence-corrected chi connectivity index (χ1v) is 10.4. The van der Waals surface area contributed by atoms with Crippen molar-refractivity contribution in [3.63, 3.8) is 0 Å². The van der Waals surface area contributed by atoms with Crippen LogP contribution in [0.4, 0.5) is 5.69 Å². The maximum Gasteiger partial charge on any atom is 0.233 e. The van der Waals surface area contributed by atoms with Crippen molar-refractivity contribution in [3.8, 4) is 0 Å². The van der Waals surface area contributed by atoms with Crippen LogP contribution in [0.2, 0.25) is 5.02 Å².